The Morgan fingerprint density at radius 2 is 2.10 bits per heavy atom. The van der Waals surface area contributed by atoms with Crippen LogP contribution in [-0.2, 0) is 9.53 Å². The maximum Gasteiger partial charge on any atom is 0.337 e. The molecule has 0 unspecified atom stereocenters. The molecule has 0 saturated carbocycles. The van der Waals surface area contributed by atoms with Crippen molar-refractivity contribution in [3.8, 4) is 0 Å². The number of carbonyl (C=O) groups is 2. The molecular formula is C15H21ClN2O3. The molecular weight excluding hydrogens is 292 g/mol. The molecule has 6 heteroatoms. The SMILES string of the molecule is CCCCN(C)CC(=O)Nc1cc(C(=O)OC)ccc1Cl. The average molecular weight is 313 g/mol. The maximum atomic E-state index is 12.0. The molecule has 0 saturated heterocycles. The fourth-order valence-electron chi connectivity index (χ4n) is 1.81. The number of rotatable bonds is 7. The summed E-state index contributed by atoms with van der Waals surface area (Å²) in [6.07, 6.45) is 2.13. The van der Waals surface area contributed by atoms with Crippen LogP contribution in [0.2, 0.25) is 5.02 Å². The van der Waals surface area contributed by atoms with Gasteiger partial charge in [0.2, 0.25) is 5.91 Å². The second-order valence-electron chi connectivity index (χ2n) is 4.83. The zero-order valence-corrected chi connectivity index (χ0v) is 13.4. The third-order valence-corrected chi connectivity index (χ3v) is 3.30. The number of methoxy groups -OCH3 is 1. The molecule has 5 nitrogen and oxygen atoms in total. The van der Waals surface area contributed by atoms with E-state index >= 15 is 0 Å². The minimum atomic E-state index is -0.470. The third kappa shape index (κ3) is 5.73. The molecule has 0 spiro atoms. The highest BCUT2D eigenvalue weighted by atomic mass is 35.5. The highest BCUT2D eigenvalue weighted by Gasteiger charge is 2.12. The summed E-state index contributed by atoms with van der Waals surface area (Å²) in [5, 5.41) is 3.10. The summed E-state index contributed by atoms with van der Waals surface area (Å²) in [5.41, 5.74) is 0.755. The van der Waals surface area contributed by atoms with E-state index in [0.717, 1.165) is 19.4 Å². The van der Waals surface area contributed by atoms with Crippen molar-refractivity contribution >= 4 is 29.2 Å². The van der Waals surface area contributed by atoms with Crippen molar-refractivity contribution in [2.45, 2.75) is 19.8 Å². The lowest BCUT2D eigenvalue weighted by Gasteiger charge is -2.16. The van der Waals surface area contributed by atoms with Gasteiger partial charge in [0.1, 0.15) is 0 Å². The summed E-state index contributed by atoms with van der Waals surface area (Å²) in [5.74, 6) is -0.639. The molecule has 21 heavy (non-hydrogen) atoms. The van der Waals surface area contributed by atoms with Crippen LogP contribution in [0.25, 0.3) is 0 Å². The fourth-order valence-corrected chi connectivity index (χ4v) is 1.97. The average Bonchev–Trinajstić information content (AvgIpc) is 2.46. The standard InChI is InChI=1S/C15H21ClN2O3/c1-4-5-8-18(2)10-14(19)17-13-9-11(15(20)21-3)6-7-12(13)16/h6-7,9H,4-5,8,10H2,1-3H3,(H,17,19). The molecule has 0 fully saturated rings. The Hall–Kier alpha value is -1.59. The number of nitrogens with one attached hydrogen (secondary N) is 1. The molecule has 0 aliphatic carbocycles. The number of unbranched alkanes of at least 4 members (excludes halogenated alkanes) is 1. The van der Waals surface area contributed by atoms with E-state index in [1.165, 1.54) is 13.2 Å². The van der Waals surface area contributed by atoms with Gasteiger partial charge in [-0.15, -0.1) is 0 Å². The Balaban J connectivity index is 2.69. The summed E-state index contributed by atoms with van der Waals surface area (Å²) in [4.78, 5) is 25.4. The zero-order valence-electron chi connectivity index (χ0n) is 12.6. The van der Waals surface area contributed by atoms with Gasteiger partial charge < -0.3 is 10.1 Å². The highest BCUT2D eigenvalue weighted by Crippen LogP contribution is 2.23. The number of esters is 1. The van der Waals surface area contributed by atoms with Crippen molar-refractivity contribution < 1.29 is 14.3 Å². The molecule has 0 aliphatic heterocycles. The summed E-state index contributed by atoms with van der Waals surface area (Å²) >= 11 is 6.03. The predicted molar refractivity (Wildman–Crippen MR) is 83.8 cm³/mol. The Morgan fingerprint density at radius 1 is 1.38 bits per heavy atom. The number of anilines is 1. The smallest absolute Gasteiger partial charge is 0.337 e. The Morgan fingerprint density at radius 3 is 2.71 bits per heavy atom. The lowest BCUT2D eigenvalue weighted by Crippen LogP contribution is -2.31. The fraction of sp³-hybridized carbons (Fsp3) is 0.467. The van der Waals surface area contributed by atoms with Crippen molar-refractivity contribution in [3.63, 3.8) is 0 Å². The molecule has 1 rings (SSSR count). The van der Waals surface area contributed by atoms with Gasteiger partial charge in [-0.2, -0.15) is 0 Å². The van der Waals surface area contributed by atoms with Crippen molar-refractivity contribution in [2.75, 3.05) is 32.6 Å². The van der Waals surface area contributed by atoms with Gasteiger partial charge in [-0.25, -0.2) is 4.79 Å². The van der Waals surface area contributed by atoms with E-state index in [9.17, 15) is 9.59 Å². The van der Waals surface area contributed by atoms with E-state index in [1.54, 1.807) is 12.1 Å². The van der Waals surface area contributed by atoms with Crippen LogP contribution in [0, 0.1) is 0 Å². The number of nitrogens with zero attached hydrogens (tertiary/aromatic N) is 1. The van der Waals surface area contributed by atoms with E-state index in [0.29, 0.717) is 16.3 Å². The number of carbonyl (C=O) groups excluding carboxylic acids is 2. The third-order valence-electron chi connectivity index (χ3n) is 2.97. The van der Waals surface area contributed by atoms with E-state index in [4.69, 9.17) is 11.6 Å². The molecule has 0 aliphatic rings. The van der Waals surface area contributed by atoms with Crippen LogP contribution in [0.1, 0.15) is 30.1 Å². The van der Waals surface area contributed by atoms with E-state index in [1.807, 2.05) is 11.9 Å². The lowest BCUT2D eigenvalue weighted by atomic mass is 10.2. The minimum Gasteiger partial charge on any atom is -0.465 e. The van der Waals surface area contributed by atoms with Gasteiger partial charge >= 0.3 is 5.97 Å². The topological polar surface area (TPSA) is 58.6 Å². The van der Waals surface area contributed by atoms with E-state index in [-0.39, 0.29) is 12.5 Å². The van der Waals surface area contributed by atoms with E-state index in [2.05, 4.69) is 17.0 Å². The van der Waals surface area contributed by atoms with Gasteiger partial charge in [-0.05, 0) is 38.2 Å². The maximum absolute atomic E-state index is 12.0. The van der Waals surface area contributed by atoms with Crippen LogP contribution < -0.4 is 5.32 Å². The Labute approximate surface area is 130 Å². The van der Waals surface area contributed by atoms with Gasteiger partial charge in [-0.1, -0.05) is 24.9 Å². The number of benzene rings is 1. The molecule has 1 aromatic carbocycles. The second kappa shape index (κ2) is 8.64. The second-order valence-corrected chi connectivity index (χ2v) is 5.23. The monoisotopic (exact) mass is 312 g/mol. The summed E-state index contributed by atoms with van der Waals surface area (Å²) < 4.78 is 4.64. The number of halogens is 1. The Kier molecular flexibility index (Phi) is 7.19. The quantitative estimate of drug-likeness (QED) is 0.787. The van der Waals surface area contributed by atoms with Crippen molar-refractivity contribution in [2.24, 2.45) is 0 Å². The first-order valence-electron chi connectivity index (χ1n) is 6.84. The minimum absolute atomic E-state index is 0.169. The molecule has 0 bridgehead atoms. The molecule has 1 aromatic rings. The molecule has 1 amide bonds. The van der Waals surface area contributed by atoms with Crippen LogP contribution in [0.3, 0.4) is 0 Å². The first-order valence-corrected chi connectivity index (χ1v) is 7.22. The number of likely N-dealkylation sites (N-methyl/N-ethyl adjacent to an activating group) is 1. The molecule has 116 valence electrons. The number of ether oxygens (including phenoxy) is 1. The predicted octanol–water partition coefficient (Wildman–Crippen LogP) is 2.80. The molecule has 0 aromatic heterocycles. The summed E-state index contributed by atoms with van der Waals surface area (Å²) in [7, 11) is 3.19. The molecule has 0 heterocycles. The van der Waals surface area contributed by atoms with Crippen LogP contribution in [0.4, 0.5) is 5.69 Å². The van der Waals surface area contributed by atoms with Crippen LogP contribution in [0.5, 0.6) is 0 Å². The van der Waals surface area contributed by atoms with Gasteiger partial charge in [0.25, 0.3) is 0 Å². The largest absolute Gasteiger partial charge is 0.465 e. The van der Waals surface area contributed by atoms with Gasteiger partial charge in [-0.3, -0.25) is 9.69 Å². The van der Waals surface area contributed by atoms with Gasteiger partial charge in [0.05, 0.1) is 29.9 Å². The van der Waals surface area contributed by atoms with Gasteiger partial charge in [0, 0.05) is 0 Å². The number of hydrogen-bond acceptors (Lipinski definition) is 4. The van der Waals surface area contributed by atoms with Crippen LogP contribution >= 0.6 is 11.6 Å². The first kappa shape index (κ1) is 17.5. The van der Waals surface area contributed by atoms with Crippen LogP contribution in [0.15, 0.2) is 18.2 Å². The van der Waals surface area contributed by atoms with Crippen molar-refractivity contribution in [3.05, 3.63) is 28.8 Å². The molecule has 0 atom stereocenters. The lowest BCUT2D eigenvalue weighted by molar-refractivity contribution is -0.117. The first-order chi connectivity index (χ1) is 9.97. The number of hydrogen-bond donors (Lipinski definition) is 1. The molecule has 1 N–H and O–H groups in total. The summed E-state index contributed by atoms with van der Waals surface area (Å²) in [6.45, 7) is 3.24. The van der Waals surface area contributed by atoms with Crippen molar-refractivity contribution in [1.82, 2.24) is 4.90 Å². The highest BCUT2D eigenvalue weighted by molar-refractivity contribution is 6.33. The molecule has 0 radical (unpaired) electrons. The number of amides is 1. The van der Waals surface area contributed by atoms with Gasteiger partial charge in [0.15, 0.2) is 0 Å². The summed E-state index contributed by atoms with van der Waals surface area (Å²) in [6, 6.07) is 4.62. The van der Waals surface area contributed by atoms with Crippen molar-refractivity contribution in [1.29, 1.82) is 0 Å². The zero-order chi connectivity index (χ0) is 15.8. The normalized spacial score (nSPS) is 10.5. The van der Waals surface area contributed by atoms with Crippen LogP contribution in [-0.4, -0.2) is 44.0 Å². The van der Waals surface area contributed by atoms with E-state index < -0.39 is 5.97 Å². The Bertz CT molecular complexity index is 506.